The number of fused-ring (bicyclic) bond motifs is 1. The van der Waals surface area contributed by atoms with Crippen molar-refractivity contribution in [3.8, 4) is 0 Å². The van der Waals surface area contributed by atoms with E-state index in [0.717, 1.165) is 9.59 Å². The molecule has 1 heterocycles. The lowest BCUT2D eigenvalue weighted by Crippen LogP contribution is -2.36. The first-order valence-corrected chi connectivity index (χ1v) is 9.31. The summed E-state index contributed by atoms with van der Waals surface area (Å²) in [5.74, 6) is 0. The average Bonchev–Trinajstić information content (AvgIpc) is 2.90. The summed E-state index contributed by atoms with van der Waals surface area (Å²) in [6.45, 7) is 0. The molecule has 0 amide bonds. The maximum atomic E-state index is 6.12. The zero-order valence-corrected chi connectivity index (χ0v) is 13.1. The Bertz CT molecular complexity index is 418. The summed E-state index contributed by atoms with van der Waals surface area (Å²) in [7, 11) is 0. The van der Waals surface area contributed by atoms with Crippen molar-refractivity contribution in [2.24, 2.45) is 0 Å². The summed E-state index contributed by atoms with van der Waals surface area (Å²) in [5.41, 5.74) is 1.48. The number of nitrogens with one attached hydrogen (secondary N) is 1. The van der Waals surface area contributed by atoms with Crippen LogP contribution in [0.4, 0.5) is 0 Å². The molecule has 0 spiro atoms. The number of aryl methyl sites for hydroxylation is 1. The zero-order chi connectivity index (χ0) is 12.5. The van der Waals surface area contributed by atoms with Crippen molar-refractivity contribution in [1.29, 1.82) is 0 Å². The first-order valence-electron chi connectivity index (χ1n) is 6.83. The lowest BCUT2D eigenvalue weighted by atomic mass is 9.94. The standard InChI is InChI=1S/C14H20ClNS2/c1-17-10-4-2-3-9(7-10)16-12-5-6-13-11(12)8-14(15)18-13/h8-10,12,16H,2-7H2,1H3. The SMILES string of the molecule is CSC1CCCC(NC2CCc3sc(Cl)cc32)C1. The molecule has 3 atom stereocenters. The Hall–Kier alpha value is 0.300. The van der Waals surface area contributed by atoms with Crippen molar-refractivity contribution in [3.05, 3.63) is 20.8 Å². The molecule has 1 nitrogen and oxygen atoms in total. The van der Waals surface area contributed by atoms with Gasteiger partial charge in [-0.05, 0) is 50.0 Å². The van der Waals surface area contributed by atoms with Crippen LogP contribution in [0.15, 0.2) is 6.07 Å². The number of thioether (sulfide) groups is 1. The highest BCUT2D eigenvalue weighted by molar-refractivity contribution is 7.99. The molecule has 3 rings (SSSR count). The molecule has 1 aromatic heterocycles. The Kier molecular flexibility index (Phi) is 4.24. The van der Waals surface area contributed by atoms with Crippen molar-refractivity contribution in [3.63, 3.8) is 0 Å². The van der Waals surface area contributed by atoms with Gasteiger partial charge in [0.2, 0.25) is 0 Å². The van der Waals surface area contributed by atoms with E-state index in [0.29, 0.717) is 12.1 Å². The first kappa shape index (κ1) is 13.3. The van der Waals surface area contributed by atoms with Crippen LogP contribution in [0.3, 0.4) is 0 Å². The predicted molar refractivity (Wildman–Crippen MR) is 83.1 cm³/mol. The molecule has 1 N–H and O–H groups in total. The van der Waals surface area contributed by atoms with Crippen LogP contribution >= 0.6 is 34.7 Å². The molecule has 100 valence electrons. The van der Waals surface area contributed by atoms with Gasteiger partial charge in [0.1, 0.15) is 0 Å². The average molecular weight is 302 g/mol. The monoisotopic (exact) mass is 301 g/mol. The van der Waals surface area contributed by atoms with Gasteiger partial charge in [-0.1, -0.05) is 18.0 Å². The molecule has 0 saturated heterocycles. The van der Waals surface area contributed by atoms with Crippen LogP contribution in [0.5, 0.6) is 0 Å². The molecule has 3 unspecified atom stereocenters. The highest BCUT2D eigenvalue weighted by atomic mass is 35.5. The third-order valence-corrected chi connectivity index (χ3v) is 6.68. The molecular formula is C14H20ClNS2. The molecule has 0 aliphatic heterocycles. The molecule has 1 aromatic rings. The summed E-state index contributed by atoms with van der Waals surface area (Å²) in [6, 6.07) is 3.46. The minimum atomic E-state index is 0.564. The predicted octanol–water partition coefficient (Wildman–Crippen LogP) is 4.65. The fourth-order valence-electron chi connectivity index (χ4n) is 3.30. The molecule has 2 aliphatic carbocycles. The maximum absolute atomic E-state index is 6.12. The van der Waals surface area contributed by atoms with Gasteiger partial charge in [0.25, 0.3) is 0 Å². The minimum Gasteiger partial charge on any atom is -0.307 e. The van der Waals surface area contributed by atoms with E-state index in [2.05, 4.69) is 17.6 Å². The van der Waals surface area contributed by atoms with E-state index < -0.39 is 0 Å². The van der Waals surface area contributed by atoms with Crippen molar-refractivity contribution in [2.45, 2.75) is 55.9 Å². The summed E-state index contributed by atoms with van der Waals surface area (Å²) in [6.07, 6.45) is 10.2. The summed E-state index contributed by atoms with van der Waals surface area (Å²) >= 11 is 9.93. The number of halogens is 1. The van der Waals surface area contributed by atoms with Crippen LogP contribution in [0.2, 0.25) is 4.34 Å². The zero-order valence-electron chi connectivity index (χ0n) is 10.7. The second-order valence-electron chi connectivity index (χ2n) is 5.41. The third kappa shape index (κ3) is 2.74. The maximum Gasteiger partial charge on any atom is 0.0934 e. The molecule has 2 aliphatic rings. The van der Waals surface area contributed by atoms with Gasteiger partial charge in [-0.3, -0.25) is 0 Å². The van der Waals surface area contributed by atoms with Crippen LogP contribution in [0.1, 0.15) is 48.6 Å². The summed E-state index contributed by atoms with van der Waals surface area (Å²) in [5, 5.41) is 4.75. The van der Waals surface area contributed by atoms with Gasteiger partial charge in [-0.2, -0.15) is 11.8 Å². The van der Waals surface area contributed by atoms with E-state index in [9.17, 15) is 0 Å². The van der Waals surface area contributed by atoms with Crippen LogP contribution < -0.4 is 5.32 Å². The summed E-state index contributed by atoms with van der Waals surface area (Å²) < 4.78 is 0.956. The minimum absolute atomic E-state index is 0.564. The molecule has 1 saturated carbocycles. The molecule has 0 radical (unpaired) electrons. The van der Waals surface area contributed by atoms with Crippen LogP contribution in [0.25, 0.3) is 0 Å². The first-order chi connectivity index (χ1) is 8.76. The number of hydrogen-bond donors (Lipinski definition) is 1. The molecule has 1 fully saturated rings. The van der Waals surface area contributed by atoms with Crippen molar-refractivity contribution in [1.82, 2.24) is 5.32 Å². The fourth-order valence-corrected chi connectivity index (χ4v) is 5.48. The van der Waals surface area contributed by atoms with Gasteiger partial charge in [-0.25, -0.2) is 0 Å². The Morgan fingerprint density at radius 3 is 3.11 bits per heavy atom. The van der Waals surface area contributed by atoms with E-state index >= 15 is 0 Å². The Labute approximate surface area is 123 Å². The van der Waals surface area contributed by atoms with Crippen LogP contribution in [-0.4, -0.2) is 17.5 Å². The number of thiophene rings is 1. The smallest absolute Gasteiger partial charge is 0.0934 e. The molecular weight excluding hydrogens is 282 g/mol. The van der Waals surface area contributed by atoms with Gasteiger partial charge >= 0.3 is 0 Å². The van der Waals surface area contributed by atoms with E-state index in [1.165, 1.54) is 49.0 Å². The Balaban J connectivity index is 1.63. The quantitative estimate of drug-likeness (QED) is 0.872. The summed E-state index contributed by atoms with van der Waals surface area (Å²) in [4.78, 5) is 1.51. The van der Waals surface area contributed by atoms with E-state index in [4.69, 9.17) is 11.6 Å². The van der Waals surface area contributed by atoms with Crippen molar-refractivity contribution >= 4 is 34.7 Å². The van der Waals surface area contributed by atoms with E-state index in [1.54, 1.807) is 11.3 Å². The van der Waals surface area contributed by atoms with Crippen LogP contribution in [0, 0.1) is 0 Å². The number of rotatable bonds is 3. The van der Waals surface area contributed by atoms with Crippen molar-refractivity contribution in [2.75, 3.05) is 6.26 Å². The van der Waals surface area contributed by atoms with Gasteiger partial charge < -0.3 is 5.32 Å². The largest absolute Gasteiger partial charge is 0.307 e. The van der Waals surface area contributed by atoms with Gasteiger partial charge in [-0.15, -0.1) is 11.3 Å². The lowest BCUT2D eigenvalue weighted by Gasteiger charge is -2.31. The molecule has 0 bridgehead atoms. The van der Waals surface area contributed by atoms with Gasteiger partial charge in [0.15, 0.2) is 0 Å². The van der Waals surface area contributed by atoms with Gasteiger partial charge in [0, 0.05) is 22.2 Å². The second kappa shape index (κ2) is 5.74. The van der Waals surface area contributed by atoms with Crippen LogP contribution in [-0.2, 0) is 6.42 Å². The molecule has 4 heteroatoms. The molecule has 0 aromatic carbocycles. The lowest BCUT2D eigenvalue weighted by molar-refractivity contribution is 0.343. The highest BCUT2D eigenvalue weighted by Gasteiger charge is 2.29. The second-order valence-corrected chi connectivity index (χ2v) is 8.31. The fraction of sp³-hybridized carbons (Fsp3) is 0.714. The normalized spacial score (nSPS) is 31.6. The van der Waals surface area contributed by atoms with E-state index in [-0.39, 0.29) is 0 Å². The topological polar surface area (TPSA) is 12.0 Å². The highest BCUT2D eigenvalue weighted by Crippen LogP contribution is 2.40. The van der Waals surface area contributed by atoms with Crippen molar-refractivity contribution < 1.29 is 0 Å². The number of hydrogen-bond acceptors (Lipinski definition) is 3. The molecule has 18 heavy (non-hydrogen) atoms. The third-order valence-electron chi connectivity index (χ3n) is 4.24. The Morgan fingerprint density at radius 2 is 2.28 bits per heavy atom. The van der Waals surface area contributed by atoms with Gasteiger partial charge in [0.05, 0.1) is 4.34 Å². The van der Waals surface area contributed by atoms with E-state index in [1.807, 2.05) is 11.8 Å². The Morgan fingerprint density at radius 1 is 1.39 bits per heavy atom.